The Morgan fingerprint density at radius 3 is 2.84 bits per heavy atom. The highest BCUT2D eigenvalue weighted by Gasteiger charge is 2.43. The van der Waals surface area contributed by atoms with E-state index in [1.165, 1.54) is 5.56 Å². The first-order chi connectivity index (χ1) is 9.20. The van der Waals surface area contributed by atoms with Gasteiger partial charge in [0.1, 0.15) is 18.9 Å². The normalized spacial score (nSPS) is 22.8. The number of rotatable bonds is 7. The maximum absolute atomic E-state index is 10.9. The minimum Gasteiger partial charge on any atom is -0.463 e. The molecule has 19 heavy (non-hydrogen) atoms. The van der Waals surface area contributed by atoms with E-state index in [1.807, 2.05) is 30.3 Å². The van der Waals surface area contributed by atoms with Gasteiger partial charge in [-0.25, -0.2) is 0 Å². The molecule has 1 aromatic rings. The number of carbonyl (C=O) groups is 1. The van der Waals surface area contributed by atoms with Crippen LogP contribution in [0.15, 0.2) is 30.3 Å². The van der Waals surface area contributed by atoms with Gasteiger partial charge in [0.15, 0.2) is 0 Å². The number of hydrogen-bond acceptors (Lipinski definition) is 6. The topological polar surface area (TPSA) is 103 Å². The molecule has 6 heteroatoms. The van der Waals surface area contributed by atoms with Gasteiger partial charge in [0, 0.05) is 6.54 Å². The van der Waals surface area contributed by atoms with Gasteiger partial charge in [-0.05, 0) is 5.56 Å². The van der Waals surface area contributed by atoms with Crippen molar-refractivity contribution in [2.45, 2.75) is 24.9 Å². The van der Waals surface area contributed by atoms with E-state index < -0.39 is 5.97 Å². The molecule has 0 aliphatic carbocycles. The monoisotopic (exact) mass is 265 g/mol. The molecule has 0 spiro atoms. The number of epoxide rings is 1. The van der Waals surface area contributed by atoms with Gasteiger partial charge in [-0.1, -0.05) is 30.3 Å². The summed E-state index contributed by atoms with van der Waals surface area (Å²) >= 11 is 0. The summed E-state index contributed by atoms with van der Waals surface area (Å²) < 4.78 is 10.3. The second kappa shape index (κ2) is 6.63. The fraction of sp³-hybridized carbons (Fsp3) is 0.462. The summed E-state index contributed by atoms with van der Waals surface area (Å²) in [4.78, 5) is 10.9. The van der Waals surface area contributed by atoms with Crippen LogP contribution in [-0.2, 0) is 20.8 Å². The molecule has 0 bridgehead atoms. The van der Waals surface area contributed by atoms with Crippen LogP contribution in [0.3, 0.4) is 0 Å². The maximum atomic E-state index is 10.9. The molecule has 5 N–H and O–H groups in total. The average molecular weight is 265 g/mol. The van der Waals surface area contributed by atoms with Crippen molar-refractivity contribution in [3.8, 4) is 0 Å². The van der Waals surface area contributed by atoms with Gasteiger partial charge in [-0.2, -0.15) is 0 Å². The Bertz CT molecular complexity index is 413. The minimum absolute atomic E-state index is 0.0771. The second-order valence-corrected chi connectivity index (χ2v) is 4.44. The highest BCUT2D eigenvalue weighted by molar-refractivity contribution is 5.71. The number of hydrogen-bond donors (Lipinski definition) is 3. The molecule has 0 aromatic heterocycles. The molecule has 1 aromatic carbocycles. The molecule has 104 valence electrons. The van der Waals surface area contributed by atoms with E-state index >= 15 is 0 Å². The number of esters is 1. The molecule has 2 unspecified atom stereocenters. The van der Waals surface area contributed by atoms with Crippen LogP contribution in [0.2, 0.25) is 0 Å². The lowest BCUT2D eigenvalue weighted by Gasteiger charge is -2.09. The summed E-state index contributed by atoms with van der Waals surface area (Å²) in [5.41, 5.74) is 12.2. The number of benzene rings is 1. The largest absolute Gasteiger partial charge is 0.463 e. The molecule has 3 atom stereocenters. The van der Waals surface area contributed by atoms with Gasteiger partial charge >= 0.3 is 5.97 Å². The number of nitrogens with one attached hydrogen (secondary N) is 1. The van der Waals surface area contributed by atoms with Crippen LogP contribution in [0.25, 0.3) is 0 Å². The van der Waals surface area contributed by atoms with E-state index in [1.54, 1.807) is 0 Å². The first kappa shape index (κ1) is 14.0. The van der Waals surface area contributed by atoms with Gasteiger partial charge in [0.2, 0.25) is 0 Å². The van der Waals surface area contributed by atoms with E-state index in [-0.39, 0.29) is 31.5 Å². The first-order valence-electron chi connectivity index (χ1n) is 6.24. The van der Waals surface area contributed by atoms with Crippen molar-refractivity contribution in [2.75, 3.05) is 13.2 Å². The Hall–Kier alpha value is -1.47. The molecule has 0 saturated carbocycles. The highest BCUT2D eigenvalue weighted by Crippen LogP contribution is 2.22. The summed E-state index contributed by atoms with van der Waals surface area (Å²) in [6.45, 7) is 0.718. The second-order valence-electron chi connectivity index (χ2n) is 4.44. The number of ether oxygens (including phenoxy) is 2. The third kappa shape index (κ3) is 4.29. The van der Waals surface area contributed by atoms with Gasteiger partial charge < -0.3 is 20.9 Å². The molecule has 2 rings (SSSR count). The van der Waals surface area contributed by atoms with E-state index in [2.05, 4.69) is 5.32 Å². The highest BCUT2D eigenvalue weighted by atomic mass is 16.6. The van der Waals surface area contributed by atoms with Crippen molar-refractivity contribution in [1.29, 1.82) is 0 Å². The quantitative estimate of drug-likeness (QED) is 0.446. The zero-order chi connectivity index (χ0) is 13.7. The Kier molecular flexibility index (Phi) is 4.86. The Morgan fingerprint density at radius 1 is 1.42 bits per heavy atom. The minimum atomic E-state index is -0.454. The van der Waals surface area contributed by atoms with Crippen molar-refractivity contribution in [3.63, 3.8) is 0 Å². The molecule has 1 aliphatic rings. The summed E-state index contributed by atoms with van der Waals surface area (Å²) in [5, 5.41) is 3.24. The Labute approximate surface area is 112 Å². The van der Waals surface area contributed by atoms with E-state index in [0.717, 1.165) is 6.54 Å². The van der Waals surface area contributed by atoms with Gasteiger partial charge in [-0.15, -0.1) is 0 Å². The van der Waals surface area contributed by atoms with Gasteiger partial charge in [0.05, 0.1) is 12.6 Å². The molecule has 1 aliphatic heterocycles. The van der Waals surface area contributed by atoms with Crippen LogP contribution in [0.4, 0.5) is 0 Å². The van der Waals surface area contributed by atoms with E-state index in [9.17, 15) is 4.79 Å². The van der Waals surface area contributed by atoms with Crippen LogP contribution in [0.1, 0.15) is 5.56 Å². The van der Waals surface area contributed by atoms with Crippen molar-refractivity contribution < 1.29 is 14.3 Å². The summed E-state index contributed by atoms with van der Waals surface area (Å²) in [6, 6.07) is 9.69. The molecule has 1 fully saturated rings. The van der Waals surface area contributed by atoms with Crippen molar-refractivity contribution >= 4 is 5.97 Å². The summed E-state index contributed by atoms with van der Waals surface area (Å²) in [7, 11) is 0. The predicted octanol–water partition coefficient (Wildman–Crippen LogP) is -0.670. The molecule has 1 heterocycles. The molecule has 6 nitrogen and oxygen atoms in total. The lowest BCUT2D eigenvalue weighted by atomic mass is 10.2. The van der Waals surface area contributed by atoms with E-state index in [4.69, 9.17) is 20.9 Å². The molecular weight excluding hydrogens is 246 g/mol. The Balaban J connectivity index is 1.65. The van der Waals surface area contributed by atoms with Crippen LogP contribution in [0, 0.1) is 0 Å². The van der Waals surface area contributed by atoms with Crippen LogP contribution >= 0.6 is 0 Å². The fourth-order valence-corrected chi connectivity index (χ4v) is 1.77. The van der Waals surface area contributed by atoms with Crippen molar-refractivity contribution in [2.24, 2.45) is 11.5 Å². The van der Waals surface area contributed by atoms with Crippen LogP contribution < -0.4 is 16.8 Å². The third-order valence-electron chi connectivity index (χ3n) is 2.90. The van der Waals surface area contributed by atoms with Crippen molar-refractivity contribution in [1.82, 2.24) is 5.32 Å². The van der Waals surface area contributed by atoms with Crippen LogP contribution in [-0.4, -0.2) is 37.5 Å². The SMILES string of the molecule is NCC(=O)OC[C@H](N)C1OC1NCc1ccccc1. The van der Waals surface area contributed by atoms with Gasteiger partial charge in [-0.3, -0.25) is 10.1 Å². The summed E-state index contributed by atoms with van der Waals surface area (Å²) in [5.74, 6) is -0.454. The van der Waals surface area contributed by atoms with E-state index in [0.29, 0.717) is 0 Å². The zero-order valence-electron chi connectivity index (χ0n) is 10.6. The maximum Gasteiger partial charge on any atom is 0.319 e. The zero-order valence-corrected chi connectivity index (χ0v) is 10.6. The lowest BCUT2D eigenvalue weighted by Crippen LogP contribution is -2.37. The third-order valence-corrected chi connectivity index (χ3v) is 2.90. The molecule has 0 amide bonds. The Morgan fingerprint density at radius 2 is 2.16 bits per heavy atom. The van der Waals surface area contributed by atoms with Gasteiger partial charge in [0.25, 0.3) is 0 Å². The molecule has 1 saturated heterocycles. The average Bonchev–Trinajstić information content (AvgIpc) is 3.23. The van der Waals surface area contributed by atoms with Crippen LogP contribution in [0.5, 0.6) is 0 Å². The van der Waals surface area contributed by atoms with Crippen molar-refractivity contribution in [3.05, 3.63) is 35.9 Å². The lowest BCUT2D eigenvalue weighted by molar-refractivity contribution is -0.142. The number of carbonyl (C=O) groups excluding carboxylic acids is 1. The standard InChI is InChI=1S/C13H19N3O3/c14-6-11(17)18-8-10(15)12-13(19-12)16-7-9-4-2-1-3-5-9/h1-5,10,12-13,16H,6-8,14-15H2/t10-,12?,13?/m0/s1. The fourth-order valence-electron chi connectivity index (χ4n) is 1.77. The molecule has 0 radical (unpaired) electrons. The number of nitrogens with two attached hydrogens (primary N) is 2. The predicted molar refractivity (Wildman–Crippen MR) is 69.9 cm³/mol. The molecular formula is C13H19N3O3. The summed E-state index contributed by atoms with van der Waals surface area (Å²) in [6.07, 6.45) is -0.193. The smallest absolute Gasteiger partial charge is 0.319 e. The first-order valence-corrected chi connectivity index (χ1v) is 6.24.